The van der Waals surface area contributed by atoms with Crippen molar-refractivity contribution in [3.8, 4) is 0 Å². The normalized spacial score (nSPS) is 20.1. The second-order valence-electron chi connectivity index (χ2n) is 6.26. The molecule has 1 rings (SSSR count). The minimum Gasteiger partial charge on any atom is -0.356 e. The Morgan fingerprint density at radius 2 is 1.83 bits per heavy atom. The zero-order chi connectivity index (χ0) is 12.9. The Morgan fingerprint density at radius 1 is 1.28 bits per heavy atom. The Labute approximate surface area is 118 Å². The number of halogens is 1. The molecular formula is C14H29ClN2O. The number of nitrogens with one attached hydrogen (secondary N) is 2. The van der Waals surface area contributed by atoms with Gasteiger partial charge in [0.2, 0.25) is 5.91 Å². The van der Waals surface area contributed by atoms with E-state index in [0.29, 0.717) is 23.7 Å². The van der Waals surface area contributed by atoms with Crippen molar-refractivity contribution in [1.29, 1.82) is 0 Å². The molecule has 0 spiro atoms. The predicted octanol–water partition coefficient (Wildman–Crippen LogP) is 2.60. The SMILES string of the molecule is CC(C)C(C)CC(=O)NCC1(C)CCNCC1.Cl. The van der Waals surface area contributed by atoms with E-state index in [4.69, 9.17) is 0 Å². The third-order valence-electron chi connectivity index (χ3n) is 4.17. The highest BCUT2D eigenvalue weighted by Crippen LogP contribution is 2.26. The third kappa shape index (κ3) is 6.05. The Kier molecular flexibility index (Phi) is 7.88. The Hall–Kier alpha value is -0.280. The van der Waals surface area contributed by atoms with Gasteiger partial charge in [-0.25, -0.2) is 0 Å². The summed E-state index contributed by atoms with van der Waals surface area (Å²) < 4.78 is 0. The van der Waals surface area contributed by atoms with Crippen LogP contribution >= 0.6 is 12.4 Å². The molecule has 1 heterocycles. The molecule has 0 bridgehead atoms. The molecule has 0 aromatic heterocycles. The van der Waals surface area contributed by atoms with Crippen LogP contribution in [0.4, 0.5) is 0 Å². The first kappa shape index (κ1) is 17.7. The molecule has 1 aliphatic heterocycles. The number of rotatable bonds is 5. The fraction of sp³-hybridized carbons (Fsp3) is 0.929. The van der Waals surface area contributed by atoms with Gasteiger partial charge in [0.1, 0.15) is 0 Å². The second-order valence-corrected chi connectivity index (χ2v) is 6.26. The fourth-order valence-corrected chi connectivity index (χ4v) is 2.12. The molecule has 1 fully saturated rings. The molecule has 1 saturated heterocycles. The molecule has 18 heavy (non-hydrogen) atoms. The van der Waals surface area contributed by atoms with Gasteiger partial charge in [0.25, 0.3) is 0 Å². The summed E-state index contributed by atoms with van der Waals surface area (Å²) in [7, 11) is 0. The van der Waals surface area contributed by atoms with Gasteiger partial charge in [-0.3, -0.25) is 4.79 Å². The van der Waals surface area contributed by atoms with E-state index in [1.54, 1.807) is 0 Å². The van der Waals surface area contributed by atoms with Gasteiger partial charge in [-0.05, 0) is 43.2 Å². The highest BCUT2D eigenvalue weighted by Gasteiger charge is 2.27. The van der Waals surface area contributed by atoms with Crippen LogP contribution in [0.3, 0.4) is 0 Å². The van der Waals surface area contributed by atoms with Gasteiger partial charge in [0.05, 0.1) is 0 Å². The molecular weight excluding hydrogens is 248 g/mol. The van der Waals surface area contributed by atoms with Gasteiger partial charge in [-0.1, -0.05) is 27.7 Å². The van der Waals surface area contributed by atoms with Gasteiger partial charge in [0, 0.05) is 13.0 Å². The minimum atomic E-state index is 0. The summed E-state index contributed by atoms with van der Waals surface area (Å²) in [6.45, 7) is 11.8. The lowest BCUT2D eigenvalue weighted by Crippen LogP contribution is -2.43. The lowest BCUT2D eigenvalue weighted by atomic mass is 9.81. The van der Waals surface area contributed by atoms with Gasteiger partial charge < -0.3 is 10.6 Å². The standard InChI is InChI=1S/C14H28N2O.ClH/c1-11(2)12(3)9-13(17)16-10-14(4)5-7-15-8-6-14;/h11-12,15H,5-10H2,1-4H3,(H,16,17);1H. The predicted molar refractivity (Wildman–Crippen MR) is 79.1 cm³/mol. The van der Waals surface area contributed by atoms with Crippen LogP contribution in [0, 0.1) is 17.3 Å². The van der Waals surface area contributed by atoms with Crippen LogP contribution in [0.5, 0.6) is 0 Å². The molecule has 1 atom stereocenters. The molecule has 0 aromatic carbocycles. The zero-order valence-corrected chi connectivity index (χ0v) is 13.0. The fourth-order valence-electron chi connectivity index (χ4n) is 2.12. The summed E-state index contributed by atoms with van der Waals surface area (Å²) in [6.07, 6.45) is 2.98. The van der Waals surface area contributed by atoms with Crippen molar-refractivity contribution in [2.75, 3.05) is 19.6 Å². The van der Waals surface area contributed by atoms with Gasteiger partial charge >= 0.3 is 0 Å². The van der Waals surface area contributed by atoms with E-state index in [9.17, 15) is 4.79 Å². The van der Waals surface area contributed by atoms with Crippen LogP contribution in [0.2, 0.25) is 0 Å². The first-order chi connectivity index (χ1) is 7.93. The molecule has 0 aromatic rings. The van der Waals surface area contributed by atoms with Crippen molar-refractivity contribution in [3.63, 3.8) is 0 Å². The first-order valence-electron chi connectivity index (χ1n) is 6.90. The number of carbonyl (C=O) groups is 1. The van der Waals surface area contributed by atoms with Crippen molar-refractivity contribution < 1.29 is 4.79 Å². The topological polar surface area (TPSA) is 41.1 Å². The largest absolute Gasteiger partial charge is 0.356 e. The lowest BCUT2D eigenvalue weighted by Gasteiger charge is -2.34. The van der Waals surface area contributed by atoms with E-state index in [-0.39, 0.29) is 18.3 Å². The number of hydrogen-bond donors (Lipinski definition) is 2. The van der Waals surface area contributed by atoms with Crippen LogP contribution < -0.4 is 10.6 Å². The minimum absolute atomic E-state index is 0. The summed E-state index contributed by atoms with van der Waals surface area (Å²) in [5.41, 5.74) is 0.294. The quantitative estimate of drug-likeness (QED) is 0.810. The summed E-state index contributed by atoms with van der Waals surface area (Å²) >= 11 is 0. The van der Waals surface area contributed by atoms with Crippen LogP contribution in [-0.2, 0) is 4.79 Å². The molecule has 3 nitrogen and oxygen atoms in total. The molecule has 0 radical (unpaired) electrons. The number of piperidine rings is 1. The third-order valence-corrected chi connectivity index (χ3v) is 4.17. The number of carbonyl (C=O) groups excluding carboxylic acids is 1. The summed E-state index contributed by atoms with van der Waals surface area (Å²) in [6, 6.07) is 0. The Morgan fingerprint density at radius 3 is 2.33 bits per heavy atom. The van der Waals surface area contributed by atoms with Crippen molar-refractivity contribution in [3.05, 3.63) is 0 Å². The molecule has 0 saturated carbocycles. The van der Waals surface area contributed by atoms with Crippen molar-refractivity contribution in [2.24, 2.45) is 17.3 Å². The van der Waals surface area contributed by atoms with E-state index >= 15 is 0 Å². The molecule has 4 heteroatoms. The maximum absolute atomic E-state index is 11.8. The maximum atomic E-state index is 11.8. The van der Waals surface area contributed by atoms with E-state index in [1.165, 1.54) is 0 Å². The second kappa shape index (κ2) is 8.00. The molecule has 2 N–H and O–H groups in total. The number of amides is 1. The highest BCUT2D eigenvalue weighted by atomic mass is 35.5. The highest BCUT2D eigenvalue weighted by molar-refractivity contribution is 5.85. The molecule has 1 aliphatic rings. The Balaban J connectivity index is 0.00000289. The lowest BCUT2D eigenvalue weighted by molar-refractivity contribution is -0.122. The summed E-state index contributed by atoms with van der Waals surface area (Å²) in [5, 5.41) is 6.47. The molecule has 1 amide bonds. The number of hydrogen-bond acceptors (Lipinski definition) is 2. The van der Waals surface area contributed by atoms with Crippen LogP contribution in [0.25, 0.3) is 0 Å². The molecule has 1 unspecified atom stereocenters. The Bertz CT molecular complexity index is 250. The molecule has 108 valence electrons. The van der Waals surface area contributed by atoms with E-state index < -0.39 is 0 Å². The summed E-state index contributed by atoms with van der Waals surface area (Å²) in [5.74, 6) is 1.26. The molecule has 0 aliphatic carbocycles. The first-order valence-corrected chi connectivity index (χ1v) is 6.90. The van der Waals surface area contributed by atoms with Crippen LogP contribution in [0.1, 0.15) is 47.0 Å². The van der Waals surface area contributed by atoms with Crippen LogP contribution in [-0.4, -0.2) is 25.5 Å². The van der Waals surface area contributed by atoms with Crippen molar-refractivity contribution >= 4 is 18.3 Å². The van der Waals surface area contributed by atoms with Crippen LogP contribution in [0.15, 0.2) is 0 Å². The zero-order valence-electron chi connectivity index (χ0n) is 12.2. The average molecular weight is 277 g/mol. The van der Waals surface area contributed by atoms with Gasteiger partial charge in [0.15, 0.2) is 0 Å². The smallest absolute Gasteiger partial charge is 0.220 e. The van der Waals surface area contributed by atoms with Crippen molar-refractivity contribution in [2.45, 2.75) is 47.0 Å². The van der Waals surface area contributed by atoms with Crippen molar-refractivity contribution in [1.82, 2.24) is 10.6 Å². The van der Waals surface area contributed by atoms with E-state index in [2.05, 4.69) is 38.3 Å². The average Bonchev–Trinajstić information content (AvgIpc) is 2.27. The summed E-state index contributed by atoms with van der Waals surface area (Å²) in [4.78, 5) is 11.8. The van der Waals surface area contributed by atoms with E-state index in [0.717, 1.165) is 32.5 Å². The van der Waals surface area contributed by atoms with Gasteiger partial charge in [-0.15, -0.1) is 12.4 Å². The van der Waals surface area contributed by atoms with Gasteiger partial charge in [-0.2, -0.15) is 0 Å². The maximum Gasteiger partial charge on any atom is 0.220 e. The monoisotopic (exact) mass is 276 g/mol. The van der Waals surface area contributed by atoms with E-state index in [1.807, 2.05) is 0 Å².